The van der Waals surface area contributed by atoms with Gasteiger partial charge in [-0.2, -0.15) is 0 Å². The van der Waals surface area contributed by atoms with Crippen molar-refractivity contribution in [2.75, 3.05) is 20.1 Å². The SMILES string of the molecule is CNC(=O)C1CNCC1C1CCCC1. The molecule has 2 aliphatic rings. The maximum atomic E-state index is 11.6. The lowest BCUT2D eigenvalue weighted by Gasteiger charge is -2.22. The third-order valence-electron chi connectivity index (χ3n) is 3.85. The standard InChI is InChI=1S/C11H20N2O/c1-12-11(14)10-7-13-6-9(10)8-4-2-3-5-8/h8-10,13H,2-7H2,1H3,(H,12,14). The summed E-state index contributed by atoms with van der Waals surface area (Å²) in [7, 11) is 1.74. The van der Waals surface area contributed by atoms with Crippen LogP contribution >= 0.6 is 0 Å². The first-order valence-corrected chi connectivity index (χ1v) is 5.75. The largest absolute Gasteiger partial charge is 0.359 e. The summed E-state index contributed by atoms with van der Waals surface area (Å²) < 4.78 is 0. The molecule has 2 fully saturated rings. The van der Waals surface area contributed by atoms with E-state index in [0.29, 0.717) is 5.92 Å². The molecule has 1 aliphatic carbocycles. The van der Waals surface area contributed by atoms with Gasteiger partial charge in [-0.3, -0.25) is 4.79 Å². The Bertz CT molecular complexity index is 211. The summed E-state index contributed by atoms with van der Waals surface area (Å²) in [6.07, 6.45) is 5.39. The zero-order valence-corrected chi connectivity index (χ0v) is 8.88. The maximum Gasteiger partial charge on any atom is 0.224 e. The Kier molecular flexibility index (Phi) is 3.06. The second-order valence-electron chi connectivity index (χ2n) is 4.59. The minimum atomic E-state index is 0.225. The Morgan fingerprint density at radius 1 is 1.29 bits per heavy atom. The molecule has 80 valence electrons. The minimum Gasteiger partial charge on any atom is -0.359 e. The van der Waals surface area contributed by atoms with Gasteiger partial charge in [0.25, 0.3) is 0 Å². The molecule has 2 rings (SSSR count). The zero-order chi connectivity index (χ0) is 9.97. The first-order valence-electron chi connectivity index (χ1n) is 5.75. The van der Waals surface area contributed by atoms with Gasteiger partial charge in [0.05, 0.1) is 5.92 Å². The Labute approximate surface area is 85.6 Å². The van der Waals surface area contributed by atoms with E-state index in [4.69, 9.17) is 0 Å². The summed E-state index contributed by atoms with van der Waals surface area (Å²) in [5, 5.41) is 6.14. The van der Waals surface area contributed by atoms with Crippen molar-refractivity contribution in [3.63, 3.8) is 0 Å². The van der Waals surface area contributed by atoms with Crippen LogP contribution in [0.5, 0.6) is 0 Å². The fraction of sp³-hybridized carbons (Fsp3) is 0.909. The molecule has 3 nitrogen and oxygen atoms in total. The van der Waals surface area contributed by atoms with Gasteiger partial charge in [0.1, 0.15) is 0 Å². The highest BCUT2D eigenvalue weighted by Gasteiger charge is 2.38. The Morgan fingerprint density at radius 3 is 2.64 bits per heavy atom. The predicted octanol–water partition coefficient (Wildman–Crippen LogP) is 0.758. The molecule has 1 saturated carbocycles. The number of carbonyl (C=O) groups excluding carboxylic acids is 1. The molecular formula is C11H20N2O. The van der Waals surface area contributed by atoms with E-state index in [-0.39, 0.29) is 11.8 Å². The van der Waals surface area contributed by atoms with Gasteiger partial charge < -0.3 is 10.6 Å². The van der Waals surface area contributed by atoms with E-state index < -0.39 is 0 Å². The van der Waals surface area contributed by atoms with E-state index in [2.05, 4.69) is 10.6 Å². The van der Waals surface area contributed by atoms with Crippen molar-refractivity contribution >= 4 is 5.91 Å². The number of nitrogens with one attached hydrogen (secondary N) is 2. The van der Waals surface area contributed by atoms with Crippen molar-refractivity contribution in [2.24, 2.45) is 17.8 Å². The lowest BCUT2D eigenvalue weighted by atomic mass is 9.82. The summed E-state index contributed by atoms with van der Waals surface area (Å²) in [4.78, 5) is 11.6. The summed E-state index contributed by atoms with van der Waals surface area (Å²) in [6, 6.07) is 0. The highest BCUT2D eigenvalue weighted by molar-refractivity contribution is 5.79. The predicted molar refractivity (Wildman–Crippen MR) is 55.9 cm³/mol. The topological polar surface area (TPSA) is 41.1 Å². The zero-order valence-electron chi connectivity index (χ0n) is 8.88. The summed E-state index contributed by atoms with van der Waals surface area (Å²) in [6.45, 7) is 1.92. The van der Waals surface area contributed by atoms with E-state index in [0.717, 1.165) is 19.0 Å². The summed E-state index contributed by atoms with van der Waals surface area (Å²) in [5.41, 5.74) is 0. The van der Waals surface area contributed by atoms with Gasteiger partial charge >= 0.3 is 0 Å². The van der Waals surface area contributed by atoms with Crippen molar-refractivity contribution in [3.05, 3.63) is 0 Å². The molecule has 14 heavy (non-hydrogen) atoms. The minimum absolute atomic E-state index is 0.225. The van der Waals surface area contributed by atoms with Crippen molar-refractivity contribution < 1.29 is 4.79 Å². The molecule has 1 heterocycles. The van der Waals surface area contributed by atoms with Crippen LogP contribution in [0.3, 0.4) is 0 Å². The van der Waals surface area contributed by atoms with Crippen LogP contribution in [0.2, 0.25) is 0 Å². The fourth-order valence-corrected chi connectivity index (χ4v) is 3.05. The third kappa shape index (κ3) is 1.78. The molecule has 1 saturated heterocycles. The van der Waals surface area contributed by atoms with Crippen LogP contribution in [0.4, 0.5) is 0 Å². The van der Waals surface area contributed by atoms with Crippen LogP contribution < -0.4 is 10.6 Å². The van der Waals surface area contributed by atoms with Crippen molar-refractivity contribution in [3.8, 4) is 0 Å². The van der Waals surface area contributed by atoms with Crippen LogP contribution in [0.15, 0.2) is 0 Å². The molecule has 2 N–H and O–H groups in total. The van der Waals surface area contributed by atoms with Gasteiger partial charge in [0.15, 0.2) is 0 Å². The van der Waals surface area contributed by atoms with Gasteiger partial charge in [-0.15, -0.1) is 0 Å². The average molecular weight is 196 g/mol. The molecule has 0 aromatic heterocycles. The summed E-state index contributed by atoms with van der Waals surface area (Å²) in [5.74, 6) is 1.85. The van der Waals surface area contributed by atoms with Crippen molar-refractivity contribution in [1.29, 1.82) is 0 Å². The van der Waals surface area contributed by atoms with Crippen molar-refractivity contribution in [1.82, 2.24) is 10.6 Å². The first-order chi connectivity index (χ1) is 6.83. The Morgan fingerprint density at radius 2 is 2.00 bits per heavy atom. The maximum absolute atomic E-state index is 11.6. The quantitative estimate of drug-likeness (QED) is 0.684. The molecule has 2 atom stereocenters. The normalized spacial score (nSPS) is 33.5. The molecule has 1 amide bonds. The van der Waals surface area contributed by atoms with Gasteiger partial charge in [-0.1, -0.05) is 25.7 Å². The van der Waals surface area contributed by atoms with Crippen LogP contribution in [0, 0.1) is 17.8 Å². The average Bonchev–Trinajstić information content (AvgIpc) is 2.85. The lowest BCUT2D eigenvalue weighted by Crippen LogP contribution is -2.34. The number of amides is 1. The number of rotatable bonds is 2. The molecule has 2 unspecified atom stereocenters. The molecule has 0 bridgehead atoms. The second-order valence-corrected chi connectivity index (χ2v) is 4.59. The lowest BCUT2D eigenvalue weighted by molar-refractivity contribution is -0.125. The smallest absolute Gasteiger partial charge is 0.224 e. The second kappa shape index (κ2) is 4.30. The number of carbonyl (C=O) groups is 1. The highest BCUT2D eigenvalue weighted by atomic mass is 16.1. The van der Waals surface area contributed by atoms with E-state index >= 15 is 0 Å². The highest BCUT2D eigenvalue weighted by Crippen LogP contribution is 2.36. The summed E-state index contributed by atoms with van der Waals surface area (Å²) >= 11 is 0. The van der Waals surface area contributed by atoms with E-state index in [1.54, 1.807) is 7.05 Å². The molecule has 0 aromatic carbocycles. The molecular weight excluding hydrogens is 176 g/mol. The van der Waals surface area contributed by atoms with Crippen LogP contribution in [-0.2, 0) is 4.79 Å². The molecule has 0 radical (unpaired) electrons. The van der Waals surface area contributed by atoms with Crippen LogP contribution in [0.1, 0.15) is 25.7 Å². The third-order valence-corrected chi connectivity index (χ3v) is 3.85. The van der Waals surface area contributed by atoms with E-state index in [1.165, 1.54) is 25.7 Å². The van der Waals surface area contributed by atoms with Gasteiger partial charge in [0, 0.05) is 13.6 Å². The first kappa shape index (κ1) is 9.97. The Hall–Kier alpha value is -0.570. The number of hydrogen-bond donors (Lipinski definition) is 2. The molecule has 0 spiro atoms. The van der Waals surface area contributed by atoms with E-state index in [9.17, 15) is 4.79 Å². The molecule has 3 heteroatoms. The van der Waals surface area contributed by atoms with E-state index in [1.807, 2.05) is 0 Å². The van der Waals surface area contributed by atoms with Crippen LogP contribution in [0.25, 0.3) is 0 Å². The van der Waals surface area contributed by atoms with Gasteiger partial charge in [-0.05, 0) is 18.4 Å². The van der Waals surface area contributed by atoms with Crippen molar-refractivity contribution in [2.45, 2.75) is 25.7 Å². The molecule has 1 aliphatic heterocycles. The van der Waals surface area contributed by atoms with Crippen LogP contribution in [-0.4, -0.2) is 26.0 Å². The molecule has 0 aromatic rings. The fourth-order valence-electron chi connectivity index (χ4n) is 3.05. The monoisotopic (exact) mass is 196 g/mol. The van der Waals surface area contributed by atoms with Gasteiger partial charge in [0.2, 0.25) is 5.91 Å². The van der Waals surface area contributed by atoms with Gasteiger partial charge in [-0.25, -0.2) is 0 Å². The number of hydrogen-bond acceptors (Lipinski definition) is 2. The Balaban J connectivity index is 1.98.